The smallest absolute Gasteiger partial charge is 0.255 e. The fourth-order valence-corrected chi connectivity index (χ4v) is 4.74. The maximum Gasteiger partial charge on any atom is 0.255 e. The van der Waals surface area contributed by atoms with Crippen LogP contribution in [0.25, 0.3) is 6.08 Å². The van der Waals surface area contributed by atoms with Crippen molar-refractivity contribution in [3.05, 3.63) is 51.4 Å². The van der Waals surface area contributed by atoms with Gasteiger partial charge in [-0.3, -0.25) is 4.79 Å². The second kappa shape index (κ2) is 6.38. The van der Waals surface area contributed by atoms with Crippen LogP contribution in [-0.4, -0.2) is 12.5 Å². The van der Waals surface area contributed by atoms with Crippen LogP contribution in [0.5, 0.6) is 5.75 Å². The number of amides is 1. The zero-order valence-corrected chi connectivity index (χ0v) is 14.8. The van der Waals surface area contributed by atoms with Crippen LogP contribution in [0.1, 0.15) is 34.9 Å². The van der Waals surface area contributed by atoms with E-state index in [1.807, 2.05) is 30.3 Å². The average Bonchev–Trinajstić information content (AvgIpc) is 2.97. The summed E-state index contributed by atoms with van der Waals surface area (Å²) in [6.07, 6.45) is 4.87. The first-order chi connectivity index (χ1) is 12.2. The van der Waals surface area contributed by atoms with E-state index >= 15 is 0 Å². The molecular weight excluding hydrogens is 332 g/mol. The molecule has 1 N–H and O–H groups in total. The van der Waals surface area contributed by atoms with Gasteiger partial charge in [0.25, 0.3) is 5.91 Å². The predicted molar refractivity (Wildman–Crippen MR) is 98.8 cm³/mol. The molecule has 0 unspecified atom stereocenters. The number of benzene rings is 1. The molecule has 1 aliphatic carbocycles. The first-order valence-electron chi connectivity index (χ1n) is 8.44. The van der Waals surface area contributed by atoms with Gasteiger partial charge in [0.15, 0.2) is 0 Å². The molecule has 2 aromatic rings. The van der Waals surface area contributed by atoms with Gasteiger partial charge in [0.1, 0.15) is 23.4 Å². The number of carbonyl (C=O) groups is 1. The van der Waals surface area contributed by atoms with Gasteiger partial charge < -0.3 is 10.1 Å². The van der Waals surface area contributed by atoms with Gasteiger partial charge in [-0.25, -0.2) is 0 Å². The number of carbonyl (C=O) groups excluding carboxylic acids is 1. The maximum absolute atomic E-state index is 12.7. The van der Waals surface area contributed by atoms with E-state index in [2.05, 4.69) is 18.3 Å². The largest absolute Gasteiger partial charge is 0.488 e. The summed E-state index contributed by atoms with van der Waals surface area (Å²) in [5, 5.41) is 13.2. The van der Waals surface area contributed by atoms with Crippen molar-refractivity contribution in [3.63, 3.8) is 0 Å². The molecule has 2 heterocycles. The van der Waals surface area contributed by atoms with Crippen molar-refractivity contribution in [2.24, 2.45) is 5.92 Å². The third-order valence-corrected chi connectivity index (χ3v) is 5.94. The number of fused-ring (bicyclic) bond motifs is 2. The van der Waals surface area contributed by atoms with Gasteiger partial charge in [-0.2, -0.15) is 5.26 Å². The molecule has 0 radical (unpaired) electrons. The molecule has 1 aliphatic heterocycles. The standard InChI is InChI=1S/C20H18N2O2S/c1-12-6-7-15-16(10-21)20(25-18(15)8-12)22-19(23)14-9-13-4-2-3-5-17(13)24-11-14/h2-5,9,12H,6-8,11H2,1H3,(H,22,23)/t12-/m1/s1. The Hall–Kier alpha value is -2.58. The summed E-state index contributed by atoms with van der Waals surface area (Å²) in [7, 11) is 0. The highest BCUT2D eigenvalue weighted by Crippen LogP contribution is 2.39. The van der Waals surface area contributed by atoms with Crippen molar-refractivity contribution >= 4 is 28.3 Å². The van der Waals surface area contributed by atoms with Gasteiger partial charge >= 0.3 is 0 Å². The lowest BCUT2D eigenvalue weighted by atomic mass is 9.88. The molecule has 5 heteroatoms. The second-order valence-corrected chi connectivity index (χ2v) is 7.72. The zero-order valence-electron chi connectivity index (χ0n) is 14.0. The van der Waals surface area contributed by atoms with Crippen LogP contribution in [0.3, 0.4) is 0 Å². The molecule has 0 saturated heterocycles. The van der Waals surface area contributed by atoms with Gasteiger partial charge in [-0.1, -0.05) is 25.1 Å². The Balaban J connectivity index is 1.60. The van der Waals surface area contributed by atoms with E-state index in [0.717, 1.165) is 36.1 Å². The Morgan fingerprint density at radius 3 is 3.08 bits per heavy atom. The number of nitrogens with one attached hydrogen (secondary N) is 1. The molecule has 1 aromatic heterocycles. The summed E-state index contributed by atoms with van der Waals surface area (Å²) >= 11 is 1.55. The molecular formula is C20H18N2O2S. The van der Waals surface area contributed by atoms with Crippen LogP contribution >= 0.6 is 11.3 Å². The highest BCUT2D eigenvalue weighted by Gasteiger charge is 2.26. The molecule has 1 aromatic carbocycles. The Kier molecular flexibility index (Phi) is 4.06. The monoisotopic (exact) mass is 350 g/mol. The van der Waals surface area contributed by atoms with E-state index in [-0.39, 0.29) is 12.5 Å². The number of hydrogen-bond donors (Lipinski definition) is 1. The quantitative estimate of drug-likeness (QED) is 0.884. The third kappa shape index (κ3) is 2.94. The predicted octanol–water partition coefficient (Wildman–Crippen LogP) is 4.16. The Bertz CT molecular complexity index is 920. The van der Waals surface area contributed by atoms with E-state index in [9.17, 15) is 10.1 Å². The lowest BCUT2D eigenvalue weighted by molar-refractivity contribution is -0.113. The first-order valence-corrected chi connectivity index (χ1v) is 9.25. The van der Waals surface area contributed by atoms with Crippen LogP contribution in [0.15, 0.2) is 29.8 Å². The summed E-state index contributed by atoms with van der Waals surface area (Å²) in [6, 6.07) is 9.93. The number of rotatable bonds is 2. The summed E-state index contributed by atoms with van der Waals surface area (Å²) in [4.78, 5) is 13.9. The van der Waals surface area contributed by atoms with Crippen LogP contribution in [-0.2, 0) is 17.6 Å². The lowest BCUT2D eigenvalue weighted by Crippen LogP contribution is -2.21. The van der Waals surface area contributed by atoms with Crippen molar-refractivity contribution in [2.75, 3.05) is 11.9 Å². The van der Waals surface area contributed by atoms with Crippen molar-refractivity contribution < 1.29 is 9.53 Å². The van der Waals surface area contributed by atoms with E-state index in [0.29, 0.717) is 22.1 Å². The molecule has 0 fully saturated rings. The van der Waals surface area contributed by atoms with E-state index < -0.39 is 0 Å². The molecule has 0 spiro atoms. The summed E-state index contributed by atoms with van der Waals surface area (Å²) in [5.74, 6) is 1.22. The molecule has 0 bridgehead atoms. The second-order valence-electron chi connectivity index (χ2n) is 6.62. The third-order valence-electron chi connectivity index (χ3n) is 4.77. The minimum atomic E-state index is -0.197. The normalized spacial score (nSPS) is 18.2. The molecule has 25 heavy (non-hydrogen) atoms. The fourth-order valence-electron chi connectivity index (χ4n) is 3.39. The molecule has 1 amide bonds. The molecule has 2 aliphatic rings. The number of thiophene rings is 1. The molecule has 4 nitrogen and oxygen atoms in total. The first kappa shape index (κ1) is 15.9. The number of nitriles is 1. The van der Waals surface area contributed by atoms with Gasteiger partial charge in [0, 0.05) is 10.4 Å². The molecule has 126 valence electrons. The van der Waals surface area contributed by atoms with E-state index in [1.165, 1.54) is 4.88 Å². The minimum absolute atomic E-state index is 0.197. The number of para-hydroxylation sites is 1. The Labute approximate surface area is 150 Å². The van der Waals surface area contributed by atoms with Crippen LogP contribution < -0.4 is 10.1 Å². The lowest BCUT2D eigenvalue weighted by Gasteiger charge is -2.17. The van der Waals surface area contributed by atoms with Gasteiger partial charge in [0.2, 0.25) is 0 Å². The average molecular weight is 350 g/mol. The highest BCUT2D eigenvalue weighted by atomic mass is 32.1. The number of ether oxygens (including phenoxy) is 1. The van der Waals surface area contributed by atoms with Crippen molar-refractivity contribution in [1.29, 1.82) is 5.26 Å². The van der Waals surface area contributed by atoms with Crippen molar-refractivity contribution in [2.45, 2.75) is 26.2 Å². The summed E-state index contributed by atoms with van der Waals surface area (Å²) in [5.41, 5.74) is 3.24. The van der Waals surface area contributed by atoms with Crippen molar-refractivity contribution in [1.82, 2.24) is 0 Å². The number of anilines is 1. The molecule has 1 atom stereocenters. The Morgan fingerprint density at radius 1 is 1.40 bits per heavy atom. The minimum Gasteiger partial charge on any atom is -0.488 e. The number of hydrogen-bond acceptors (Lipinski definition) is 4. The fraction of sp³-hybridized carbons (Fsp3) is 0.300. The van der Waals surface area contributed by atoms with Crippen molar-refractivity contribution in [3.8, 4) is 11.8 Å². The van der Waals surface area contributed by atoms with Crippen LogP contribution in [0.4, 0.5) is 5.00 Å². The number of nitrogens with zero attached hydrogens (tertiary/aromatic N) is 1. The van der Waals surface area contributed by atoms with Gasteiger partial charge in [-0.05, 0) is 42.9 Å². The van der Waals surface area contributed by atoms with Crippen LogP contribution in [0, 0.1) is 17.2 Å². The van der Waals surface area contributed by atoms with Gasteiger partial charge in [0.05, 0.1) is 11.1 Å². The Morgan fingerprint density at radius 2 is 2.24 bits per heavy atom. The topological polar surface area (TPSA) is 62.1 Å². The summed E-state index contributed by atoms with van der Waals surface area (Å²) in [6.45, 7) is 2.47. The summed E-state index contributed by atoms with van der Waals surface area (Å²) < 4.78 is 5.66. The SMILES string of the molecule is C[C@@H]1CCc2c(sc(NC(=O)C3=Cc4ccccc4OC3)c2C#N)C1. The van der Waals surface area contributed by atoms with Crippen LogP contribution in [0.2, 0.25) is 0 Å². The maximum atomic E-state index is 12.7. The molecule has 4 rings (SSSR count). The highest BCUT2D eigenvalue weighted by molar-refractivity contribution is 7.16. The van der Waals surface area contributed by atoms with E-state index in [4.69, 9.17) is 4.74 Å². The molecule has 0 saturated carbocycles. The van der Waals surface area contributed by atoms with E-state index in [1.54, 1.807) is 11.3 Å². The zero-order chi connectivity index (χ0) is 17.4. The van der Waals surface area contributed by atoms with Gasteiger partial charge in [-0.15, -0.1) is 11.3 Å².